The van der Waals surface area contributed by atoms with Crippen LogP contribution < -0.4 is 16.8 Å². The van der Waals surface area contributed by atoms with Gasteiger partial charge in [0.15, 0.2) is 5.82 Å². The normalized spacial score (nSPS) is 15.2. The van der Waals surface area contributed by atoms with Crippen molar-refractivity contribution in [1.82, 2.24) is 20.2 Å². The van der Waals surface area contributed by atoms with Crippen molar-refractivity contribution in [2.24, 2.45) is 11.5 Å². The molecule has 0 spiro atoms. The summed E-state index contributed by atoms with van der Waals surface area (Å²) >= 11 is 0. The molecule has 1 atom stereocenters. The maximum absolute atomic E-state index is 11.9. The lowest BCUT2D eigenvalue weighted by atomic mass is 10.1. The molecule has 9 nitrogen and oxygen atoms in total. The summed E-state index contributed by atoms with van der Waals surface area (Å²) in [6.45, 7) is 0. The Kier molecular flexibility index (Phi) is 4.02. The number of primary amides is 1. The number of benzene rings is 1. The molecule has 1 fully saturated rings. The number of carbonyl (C=O) groups excluding carboxylic acids is 2. The summed E-state index contributed by atoms with van der Waals surface area (Å²) in [4.78, 5) is 22.8. The second-order valence-electron chi connectivity index (χ2n) is 5.53. The highest BCUT2D eigenvalue weighted by atomic mass is 16.2. The largest absolute Gasteiger partial charge is 0.370 e. The van der Waals surface area contributed by atoms with Crippen LogP contribution in [0.15, 0.2) is 24.3 Å². The predicted octanol–water partition coefficient (Wildman–Crippen LogP) is -0.184. The molecule has 1 heterocycles. The van der Waals surface area contributed by atoms with Gasteiger partial charge in [-0.2, -0.15) is 0 Å². The Bertz CT molecular complexity index is 738. The first kappa shape index (κ1) is 15.1. The van der Waals surface area contributed by atoms with E-state index in [1.54, 1.807) is 22.9 Å². The molecule has 0 saturated heterocycles. The number of nitrogens with one attached hydrogen (secondary N) is 1. The first-order chi connectivity index (χ1) is 11.0. The monoisotopic (exact) mass is 315 g/mol. The van der Waals surface area contributed by atoms with E-state index < -0.39 is 17.9 Å². The van der Waals surface area contributed by atoms with Crippen LogP contribution in [0.4, 0.5) is 5.69 Å². The highest BCUT2D eigenvalue weighted by molar-refractivity contribution is 5.97. The molecule has 1 unspecified atom stereocenters. The van der Waals surface area contributed by atoms with Gasteiger partial charge in [0.25, 0.3) is 0 Å². The Labute approximate surface area is 132 Å². The number of nitrogens with zero attached hydrogens (tertiary/aromatic N) is 4. The first-order valence-electron chi connectivity index (χ1n) is 7.27. The lowest BCUT2D eigenvalue weighted by Gasteiger charge is -2.11. The molecular formula is C14H17N7O2. The van der Waals surface area contributed by atoms with E-state index in [0.717, 1.165) is 18.4 Å². The number of anilines is 1. The number of nitrogens with two attached hydrogens (primary N) is 2. The quantitative estimate of drug-likeness (QED) is 0.674. The summed E-state index contributed by atoms with van der Waals surface area (Å²) in [5.41, 5.74) is 12.0. The van der Waals surface area contributed by atoms with E-state index in [9.17, 15) is 9.59 Å². The maximum Gasteiger partial charge on any atom is 0.241 e. The van der Waals surface area contributed by atoms with Gasteiger partial charge >= 0.3 is 0 Å². The average molecular weight is 315 g/mol. The molecule has 1 saturated carbocycles. The molecule has 120 valence electrons. The fraction of sp³-hybridized carbons (Fsp3) is 0.357. The van der Waals surface area contributed by atoms with Crippen molar-refractivity contribution >= 4 is 17.5 Å². The summed E-state index contributed by atoms with van der Waals surface area (Å²) in [5, 5.41) is 14.4. The Morgan fingerprint density at radius 2 is 2.17 bits per heavy atom. The van der Waals surface area contributed by atoms with Gasteiger partial charge in [-0.05, 0) is 35.4 Å². The minimum Gasteiger partial charge on any atom is -0.370 e. The van der Waals surface area contributed by atoms with Crippen molar-refractivity contribution in [1.29, 1.82) is 0 Å². The van der Waals surface area contributed by atoms with Crippen molar-refractivity contribution < 1.29 is 9.59 Å². The van der Waals surface area contributed by atoms with E-state index >= 15 is 0 Å². The average Bonchev–Trinajstić information content (AvgIpc) is 3.23. The highest BCUT2D eigenvalue weighted by Gasteiger charge is 2.28. The fourth-order valence-corrected chi connectivity index (χ4v) is 2.23. The van der Waals surface area contributed by atoms with Crippen molar-refractivity contribution in [2.75, 3.05) is 5.32 Å². The van der Waals surface area contributed by atoms with Crippen LogP contribution in [0.3, 0.4) is 0 Å². The third kappa shape index (κ3) is 3.51. The van der Waals surface area contributed by atoms with Gasteiger partial charge in [-0.25, -0.2) is 4.68 Å². The van der Waals surface area contributed by atoms with Gasteiger partial charge in [-0.1, -0.05) is 12.1 Å². The molecule has 0 aliphatic heterocycles. The standard InChI is InChI=1S/C14H17N7O2/c15-11(7-12(16)22)14(23)17-9-3-1-2-8(6-9)13-18-19-20-21(13)10-4-5-10/h1-3,6,10-11H,4-5,7,15H2,(H2,16,22)(H,17,23). The Balaban J connectivity index is 1.76. The number of amides is 2. The van der Waals surface area contributed by atoms with Crippen LogP contribution in [-0.2, 0) is 9.59 Å². The number of aromatic nitrogens is 4. The molecule has 1 aromatic carbocycles. The van der Waals surface area contributed by atoms with Crippen LogP contribution in [0, 0.1) is 0 Å². The minimum absolute atomic E-state index is 0.203. The summed E-state index contributed by atoms with van der Waals surface area (Å²) < 4.78 is 1.79. The van der Waals surface area contributed by atoms with Crippen LogP contribution in [0.1, 0.15) is 25.3 Å². The highest BCUT2D eigenvalue weighted by Crippen LogP contribution is 2.36. The number of hydrogen-bond donors (Lipinski definition) is 3. The first-order valence-corrected chi connectivity index (χ1v) is 7.27. The lowest BCUT2D eigenvalue weighted by molar-refractivity contribution is -0.123. The molecule has 2 amide bonds. The fourth-order valence-electron chi connectivity index (χ4n) is 2.23. The Hall–Kier alpha value is -2.81. The predicted molar refractivity (Wildman–Crippen MR) is 81.9 cm³/mol. The molecule has 0 radical (unpaired) electrons. The van der Waals surface area contributed by atoms with Gasteiger partial charge in [0.2, 0.25) is 11.8 Å². The minimum atomic E-state index is -0.979. The molecule has 0 bridgehead atoms. The van der Waals surface area contributed by atoms with E-state index in [0.29, 0.717) is 17.6 Å². The van der Waals surface area contributed by atoms with Crippen LogP contribution in [0.2, 0.25) is 0 Å². The zero-order chi connectivity index (χ0) is 16.4. The van der Waals surface area contributed by atoms with Crippen LogP contribution in [0.5, 0.6) is 0 Å². The zero-order valence-corrected chi connectivity index (χ0v) is 12.3. The molecular weight excluding hydrogens is 298 g/mol. The molecule has 1 aliphatic carbocycles. The van der Waals surface area contributed by atoms with Crippen molar-refractivity contribution in [3.63, 3.8) is 0 Å². The third-order valence-electron chi connectivity index (χ3n) is 3.53. The van der Waals surface area contributed by atoms with Crippen molar-refractivity contribution in [3.05, 3.63) is 24.3 Å². The molecule has 1 aliphatic rings. The Morgan fingerprint density at radius 3 is 2.87 bits per heavy atom. The maximum atomic E-state index is 11.9. The molecule has 3 rings (SSSR count). The summed E-state index contributed by atoms with van der Waals surface area (Å²) in [6.07, 6.45) is 1.93. The number of carbonyl (C=O) groups is 2. The van der Waals surface area contributed by atoms with Gasteiger partial charge in [-0.15, -0.1) is 5.10 Å². The zero-order valence-electron chi connectivity index (χ0n) is 12.3. The van der Waals surface area contributed by atoms with Crippen molar-refractivity contribution in [2.45, 2.75) is 31.3 Å². The second-order valence-corrected chi connectivity index (χ2v) is 5.53. The number of rotatable bonds is 6. The third-order valence-corrected chi connectivity index (χ3v) is 3.53. The summed E-state index contributed by atoms with van der Waals surface area (Å²) in [6, 6.07) is 6.51. The molecule has 23 heavy (non-hydrogen) atoms. The number of tetrazole rings is 1. The molecule has 5 N–H and O–H groups in total. The van der Waals surface area contributed by atoms with Gasteiger partial charge in [0, 0.05) is 11.3 Å². The van der Waals surface area contributed by atoms with Crippen LogP contribution in [-0.4, -0.2) is 38.1 Å². The summed E-state index contributed by atoms with van der Waals surface area (Å²) in [7, 11) is 0. The van der Waals surface area contributed by atoms with Crippen LogP contribution in [0.25, 0.3) is 11.4 Å². The van der Waals surface area contributed by atoms with E-state index in [4.69, 9.17) is 11.5 Å². The Morgan fingerprint density at radius 1 is 1.39 bits per heavy atom. The van der Waals surface area contributed by atoms with Gasteiger partial charge in [0.05, 0.1) is 18.5 Å². The lowest BCUT2D eigenvalue weighted by Crippen LogP contribution is -2.38. The van der Waals surface area contributed by atoms with E-state index in [1.807, 2.05) is 6.07 Å². The van der Waals surface area contributed by atoms with Gasteiger partial charge < -0.3 is 16.8 Å². The van der Waals surface area contributed by atoms with E-state index in [1.165, 1.54) is 0 Å². The van der Waals surface area contributed by atoms with E-state index in [2.05, 4.69) is 20.8 Å². The van der Waals surface area contributed by atoms with Crippen molar-refractivity contribution in [3.8, 4) is 11.4 Å². The molecule has 9 heteroatoms. The topological polar surface area (TPSA) is 142 Å². The second kappa shape index (κ2) is 6.13. The SMILES string of the molecule is NC(=O)CC(N)C(=O)Nc1cccc(-c2nnnn2C2CC2)c1. The van der Waals surface area contributed by atoms with E-state index in [-0.39, 0.29) is 6.42 Å². The summed E-state index contributed by atoms with van der Waals surface area (Å²) in [5.74, 6) is -0.433. The number of hydrogen-bond acceptors (Lipinski definition) is 6. The van der Waals surface area contributed by atoms with Crippen LogP contribution >= 0.6 is 0 Å². The van der Waals surface area contributed by atoms with Gasteiger partial charge in [0.1, 0.15) is 0 Å². The van der Waals surface area contributed by atoms with Gasteiger partial charge in [-0.3, -0.25) is 9.59 Å². The molecule has 1 aromatic heterocycles. The smallest absolute Gasteiger partial charge is 0.241 e. The molecule has 2 aromatic rings.